The number of aromatic hydroxyl groups is 1. The molecule has 0 atom stereocenters. The second-order valence-electron chi connectivity index (χ2n) is 6.58. The van der Waals surface area contributed by atoms with Crippen molar-refractivity contribution in [2.24, 2.45) is 0 Å². The average Bonchev–Trinajstić information content (AvgIpc) is 2.72. The van der Waals surface area contributed by atoms with Crippen molar-refractivity contribution in [1.29, 1.82) is 0 Å². The van der Waals surface area contributed by atoms with Crippen molar-refractivity contribution in [1.82, 2.24) is 0 Å². The number of carbonyl (C=O) groups is 1. The summed E-state index contributed by atoms with van der Waals surface area (Å²) in [6, 6.07) is 16.9. The lowest BCUT2D eigenvalue weighted by Gasteiger charge is -2.11. The molecule has 0 amide bonds. The van der Waals surface area contributed by atoms with Gasteiger partial charge in [-0.05, 0) is 72.7 Å². The van der Waals surface area contributed by atoms with Crippen molar-refractivity contribution in [3.05, 3.63) is 98.0 Å². The average molecular weight is 462 g/mol. The third-order valence-electron chi connectivity index (χ3n) is 4.42. The Hall–Kier alpha value is -2.46. The zero-order chi connectivity index (χ0) is 21.7. The van der Waals surface area contributed by atoms with Crippen LogP contribution in [0.3, 0.4) is 0 Å². The predicted molar refractivity (Wildman–Crippen MR) is 123 cm³/mol. The zero-order valence-corrected chi connectivity index (χ0v) is 18.4. The second kappa shape index (κ2) is 10.0. The standard InChI is InChI=1S/C24H19Cl3O3/c1-2-30-23-12-15(3-10-22(23)28)11-18(13-17-6-9-20(26)14-21(17)27)24(29)16-4-7-19(25)8-5-16/h3-12,14,28H,2,13H2,1H3/b18-11+. The number of rotatable bonds is 7. The minimum absolute atomic E-state index is 0.0420. The SMILES string of the molecule is CCOc1cc(/C=C(\Cc2ccc(Cl)cc2Cl)C(=O)c2ccc(Cl)cc2)ccc1O. The Morgan fingerprint density at radius 2 is 1.67 bits per heavy atom. The summed E-state index contributed by atoms with van der Waals surface area (Å²) in [6.07, 6.45) is 2.08. The van der Waals surface area contributed by atoms with E-state index < -0.39 is 0 Å². The van der Waals surface area contributed by atoms with Crippen LogP contribution in [-0.4, -0.2) is 17.5 Å². The molecule has 0 saturated heterocycles. The Morgan fingerprint density at radius 3 is 2.33 bits per heavy atom. The van der Waals surface area contributed by atoms with Gasteiger partial charge in [-0.15, -0.1) is 0 Å². The minimum atomic E-state index is -0.149. The van der Waals surface area contributed by atoms with Gasteiger partial charge in [0.1, 0.15) is 0 Å². The van der Waals surface area contributed by atoms with Gasteiger partial charge < -0.3 is 9.84 Å². The maximum Gasteiger partial charge on any atom is 0.189 e. The van der Waals surface area contributed by atoms with Crippen LogP contribution in [-0.2, 0) is 6.42 Å². The van der Waals surface area contributed by atoms with E-state index in [-0.39, 0.29) is 11.5 Å². The van der Waals surface area contributed by atoms with E-state index in [1.54, 1.807) is 60.7 Å². The first kappa shape index (κ1) is 22.2. The second-order valence-corrected chi connectivity index (χ2v) is 7.86. The Balaban J connectivity index is 2.04. The molecule has 3 aromatic carbocycles. The summed E-state index contributed by atoms with van der Waals surface area (Å²) in [4.78, 5) is 13.3. The fourth-order valence-corrected chi connectivity index (χ4v) is 3.55. The van der Waals surface area contributed by atoms with Crippen LogP contribution < -0.4 is 4.74 Å². The molecule has 30 heavy (non-hydrogen) atoms. The number of hydrogen-bond donors (Lipinski definition) is 1. The molecule has 0 saturated carbocycles. The lowest BCUT2D eigenvalue weighted by atomic mass is 9.95. The van der Waals surface area contributed by atoms with Gasteiger partial charge in [0, 0.05) is 32.6 Å². The van der Waals surface area contributed by atoms with E-state index >= 15 is 0 Å². The van der Waals surface area contributed by atoms with Gasteiger partial charge in [0.05, 0.1) is 6.61 Å². The molecule has 0 bridgehead atoms. The quantitative estimate of drug-likeness (QED) is 0.297. The van der Waals surface area contributed by atoms with Crippen molar-refractivity contribution in [3.63, 3.8) is 0 Å². The number of Topliss-reactive ketones (excluding diaryl/α,β-unsaturated/α-hetero) is 1. The number of carbonyl (C=O) groups excluding carboxylic acids is 1. The molecule has 0 aliphatic rings. The molecule has 0 aliphatic carbocycles. The van der Waals surface area contributed by atoms with Gasteiger partial charge in [0.15, 0.2) is 17.3 Å². The first-order valence-electron chi connectivity index (χ1n) is 9.28. The largest absolute Gasteiger partial charge is 0.504 e. The summed E-state index contributed by atoms with van der Waals surface area (Å²) >= 11 is 18.3. The van der Waals surface area contributed by atoms with E-state index in [1.807, 2.05) is 6.92 Å². The number of ether oxygens (including phenoxy) is 1. The highest BCUT2D eigenvalue weighted by Gasteiger charge is 2.16. The van der Waals surface area contributed by atoms with E-state index in [0.717, 1.165) is 11.1 Å². The Bertz CT molecular complexity index is 1090. The summed E-state index contributed by atoms with van der Waals surface area (Å²) in [5, 5.41) is 11.5. The van der Waals surface area contributed by atoms with Crippen molar-refractivity contribution < 1.29 is 14.6 Å². The summed E-state index contributed by atoms with van der Waals surface area (Å²) in [5.74, 6) is 0.248. The summed E-state index contributed by atoms with van der Waals surface area (Å²) in [7, 11) is 0. The van der Waals surface area contributed by atoms with Gasteiger partial charge in [0.2, 0.25) is 0 Å². The molecule has 0 radical (unpaired) electrons. The van der Waals surface area contributed by atoms with E-state index in [4.69, 9.17) is 39.5 Å². The molecule has 0 aliphatic heterocycles. The summed E-state index contributed by atoms with van der Waals surface area (Å²) in [5.41, 5.74) is 2.53. The molecule has 0 aromatic heterocycles. The normalized spacial score (nSPS) is 11.4. The molecular weight excluding hydrogens is 443 g/mol. The number of allylic oxidation sites excluding steroid dienone is 1. The van der Waals surface area contributed by atoms with Gasteiger partial charge in [-0.3, -0.25) is 4.79 Å². The highest BCUT2D eigenvalue weighted by molar-refractivity contribution is 6.35. The van der Waals surface area contributed by atoms with E-state index in [0.29, 0.717) is 45.0 Å². The van der Waals surface area contributed by atoms with E-state index in [1.165, 1.54) is 6.07 Å². The number of hydrogen-bond acceptors (Lipinski definition) is 3. The maximum atomic E-state index is 13.3. The van der Waals surface area contributed by atoms with Crippen LogP contribution in [0.25, 0.3) is 6.08 Å². The lowest BCUT2D eigenvalue weighted by molar-refractivity contribution is 0.103. The number of halogens is 3. The maximum absolute atomic E-state index is 13.3. The van der Waals surface area contributed by atoms with Crippen LogP contribution in [0.5, 0.6) is 11.5 Å². The molecule has 3 aromatic rings. The molecule has 6 heteroatoms. The van der Waals surface area contributed by atoms with Crippen molar-refractivity contribution in [2.75, 3.05) is 6.61 Å². The Labute approximate surface area is 190 Å². The molecule has 0 heterocycles. The number of benzene rings is 3. The van der Waals surface area contributed by atoms with Gasteiger partial charge in [-0.1, -0.05) is 46.9 Å². The van der Waals surface area contributed by atoms with Crippen LogP contribution in [0.15, 0.2) is 66.2 Å². The van der Waals surface area contributed by atoms with Gasteiger partial charge in [-0.2, -0.15) is 0 Å². The molecule has 3 nitrogen and oxygen atoms in total. The Kier molecular flexibility index (Phi) is 7.43. The van der Waals surface area contributed by atoms with Crippen molar-refractivity contribution in [2.45, 2.75) is 13.3 Å². The minimum Gasteiger partial charge on any atom is -0.504 e. The third-order valence-corrected chi connectivity index (χ3v) is 5.26. The first-order valence-corrected chi connectivity index (χ1v) is 10.4. The zero-order valence-electron chi connectivity index (χ0n) is 16.2. The predicted octanol–water partition coefficient (Wildman–Crippen LogP) is 7.26. The number of phenolic OH excluding ortho intramolecular Hbond substituents is 1. The van der Waals surface area contributed by atoms with E-state index in [9.17, 15) is 9.90 Å². The molecule has 0 fully saturated rings. The molecule has 0 spiro atoms. The van der Waals surface area contributed by atoms with Crippen LogP contribution in [0.1, 0.15) is 28.4 Å². The van der Waals surface area contributed by atoms with Crippen molar-refractivity contribution in [3.8, 4) is 11.5 Å². The van der Waals surface area contributed by atoms with Gasteiger partial charge in [-0.25, -0.2) is 0 Å². The van der Waals surface area contributed by atoms with E-state index in [2.05, 4.69) is 0 Å². The highest BCUT2D eigenvalue weighted by Crippen LogP contribution is 2.30. The first-order chi connectivity index (χ1) is 14.4. The lowest BCUT2D eigenvalue weighted by Crippen LogP contribution is -2.07. The highest BCUT2D eigenvalue weighted by atomic mass is 35.5. The fraction of sp³-hybridized carbons (Fsp3) is 0.125. The third kappa shape index (κ3) is 5.57. The molecule has 0 unspecified atom stereocenters. The fourth-order valence-electron chi connectivity index (χ4n) is 2.95. The molecular formula is C24H19Cl3O3. The number of ketones is 1. The molecule has 154 valence electrons. The van der Waals surface area contributed by atoms with Crippen LogP contribution in [0.2, 0.25) is 15.1 Å². The summed E-state index contributed by atoms with van der Waals surface area (Å²) in [6.45, 7) is 2.25. The van der Waals surface area contributed by atoms with Gasteiger partial charge in [0.25, 0.3) is 0 Å². The molecule has 3 rings (SSSR count). The van der Waals surface area contributed by atoms with Crippen LogP contribution in [0.4, 0.5) is 0 Å². The van der Waals surface area contributed by atoms with Gasteiger partial charge >= 0.3 is 0 Å². The smallest absolute Gasteiger partial charge is 0.189 e. The number of phenols is 1. The van der Waals surface area contributed by atoms with Crippen LogP contribution in [0, 0.1) is 0 Å². The molecule has 1 N–H and O–H groups in total. The van der Waals surface area contributed by atoms with Crippen molar-refractivity contribution >= 4 is 46.7 Å². The Morgan fingerprint density at radius 1 is 0.967 bits per heavy atom. The topological polar surface area (TPSA) is 46.5 Å². The summed E-state index contributed by atoms with van der Waals surface area (Å²) < 4.78 is 5.45. The monoisotopic (exact) mass is 460 g/mol. The van der Waals surface area contributed by atoms with Crippen LogP contribution >= 0.6 is 34.8 Å².